The van der Waals surface area contributed by atoms with Crippen molar-refractivity contribution in [3.05, 3.63) is 41.3 Å². The standard InChI is InChI=1S/C14H15N3OS/c1-9-16-12-6-13(11(15)5-14(12)19-9)17(2)7-10-3-4-18-8-10/h3-6,8H,7,15H2,1-2H3. The van der Waals surface area contributed by atoms with Crippen LogP contribution in [-0.2, 0) is 6.54 Å². The molecule has 2 N–H and O–H groups in total. The Labute approximate surface area is 115 Å². The molecule has 0 saturated heterocycles. The highest BCUT2D eigenvalue weighted by atomic mass is 32.1. The summed E-state index contributed by atoms with van der Waals surface area (Å²) in [6, 6.07) is 6.01. The third kappa shape index (κ3) is 2.29. The lowest BCUT2D eigenvalue weighted by atomic mass is 10.2. The number of aryl methyl sites for hydroxylation is 1. The quantitative estimate of drug-likeness (QED) is 0.743. The molecule has 19 heavy (non-hydrogen) atoms. The number of benzene rings is 1. The van der Waals surface area contributed by atoms with E-state index in [1.807, 2.05) is 32.2 Å². The molecular weight excluding hydrogens is 258 g/mol. The van der Waals surface area contributed by atoms with Gasteiger partial charge in [-0.25, -0.2) is 4.98 Å². The van der Waals surface area contributed by atoms with E-state index < -0.39 is 0 Å². The molecule has 2 heterocycles. The Bertz CT molecular complexity index is 703. The summed E-state index contributed by atoms with van der Waals surface area (Å²) in [7, 11) is 2.02. The lowest BCUT2D eigenvalue weighted by Crippen LogP contribution is -2.17. The lowest BCUT2D eigenvalue weighted by Gasteiger charge is -2.20. The average molecular weight is 273 g/mol. The summed E-state index contributed by atoms with van der Waals surface area (Å²) in [4.78, 5) is 6.62. The number of hydrogen-bond acceptors (Lipinski definition) is 5. The van der Waals surface area contributed by atoms with Crippen LogP contribution in [0.3, 0.4) is 0 Å². The molecule has 3 rings (SSSR count). The smallest absolute Gasteiger partial charge is 0.0952 e. The molecule has 0 radical (unpaired) electrons. The monoisotopic (exact) mass is 273 g/mol. The Morgan fingerprint density at radius 3 is 3.00 bits per heavy atom. The van der Waals surface area contributed by atoms with Gasteiger partial charge < -0.3 is 15.1 Å². The first-order valence-corrected chi connectivity index (χ1v) is 6.84. The van der Waals surface area contributed by atoms with Gasteiger partial charge in [0.1, 0.15) is 0 Å². The van der Waals surface area contributed by atoms with Gasteiger partial charge in [0.25, 0.3) is 0 Å². The van der Waals surface area contributed by atoms with Gasteiger partial charge in [-0.3, -0.25) is 0 Å². The molecule has 0 atom stereocenters. The highest BCUT2D eigenvalue weighted by Gasteiger charge is 2.10. The van der Waals surface area contributed by atoms with E-state index >= 15 is 0 Å². The van der Waals surface area contributed by atoms with E-state index in [-0.39, 0.29) is 0 Å². The Kier molecular flexibility index (Phi) is 2.91. The molecule has 0 bridgehead atoms. The van der Waals surface area contributed by atoms with Gasteiger partial charge in [-0.05, 0) is 25.1 Å². The van der Waals surface area contributed by atoms with Crippen molar-refractivity contribution in [1.82, 2.24) is 4.98 Å². The van der Waals surface area contributed by atoms with Crippen molar-refractivity contribution in [3.8, 4) is 0 Å². The van der Waals surface area contributed by atoms with Crippen molar-refractivity contribution >= 4 is 32.9 Å². The molecule has 0 unspecified atom stereocenters. The van der Waals surface area contributed by atoms with Gasteiger partial charge in [-0.1, -0.05) is 0 Å². The van der Waals surface area contributed by atoms with Crippen LogP contribution in [0.5, 0.6) is 0 Å². The minimum atomic E-state index is 0.759. The van der Waals surface area contributed by atoms with Crippen molar-refractivity contribution in [2.75, 3.05) is 17.7 Å². The summed E-state index contributed by atoms with van der Waals surface area (Å²) in [5.41, 5.74) is 10.0. The zero-order valence-corrected chi connectivity index (χ0v) is 11.7. The average Bonchev–Trinajstić information content (AvgIpc) is 2.96. The fourth-order valence-corrected chi connectivity index (χ4v) is 3.02. The number of nitrogen functional groups attached to an aromatic ring is 1. The number of aromatic nitrogens is 1. The van der Waals surface area contributed by atoms with Crippen molar-refractivity contribution in [3.63, 3.8) is 0 Å². The fourth-order valence-electron chi connectivity index (χ4n) is 2.17. The van der Waals surface area contributed by atoms with Gasteiger partial charge in [0.05, 0.1) is 39.1 Å². The maximum absolute atomic E-state index is 6.14. The Hall–Kier alpha value is -2.01. The summed E-state index contributed by atoms with van der Waals surface area (Å²) >= 11 is 1.67. The van der Waals surface area contributed by atoms with Crippen LogP contribution in [0, 0.1) is 6.92 Å². The molecule has 5 heteroatoms. The predicted molar refractivity (Wildman–Crippen MR) is 79.6 cm³/mol. The largest absolute Gasteiger partial charge is 0.472 e. The molecule has 2 aromatic heterocycles. The van der Waals surface area contributed by atoms with Crippen LogP contribution < -0.4 is 10.6 Å². The van der Waals surface area contributed by atoms with E-state index in [1.165, 1.54) is 0 Å². The molecule has 0 amide bonds. The van der Waals surface area contributed by atoms with E-state index in [0.717, 1.165) is 38.7 Å². The Morgan fingerprint density at radius 2 is 2.26 bits per heavy atom. The number of rotatable bonds is 3. The maximum atomic E-state index is 6.14. The van der Waals surface area contributed by atoms with E-state index in [2.05, 4.69) is 9.88 Å². The van der Waals surface area contributed by atoms with Crippen LogP contribution in [-0.4, -0.2) is 12.0 Å². The fraction of sp³-hybridized carbons (Fsp3) is 0.214. The highest BCUT2D eigenvalue weighted by molar-refractivity contribution is 7.18. The maximum Gasteiger partial charge on any atom is 0.0952 e. The SMILES string of the molecule is Cc1nc2cc(N(C)Cc3ccoc3)c(N)cc2s1. The van der Waals surface area contributed by atoms with Crippen molar-refractivity contribution in [2.24, 2.45) is 0 Å². The second-order valence-corrected chi connectivity index (χ2v) is 5.83. The number of nitrogens with zero attached hydrogens (tertiary/aromatic N) is 2. The molecule has 98 valence electrons. The van der Waals surface area contributed by atoms with Crippen molar-refractivity contribution < 1.29 is 4.42 Å². The molecule has 1 aromatic carbocycles. The number of anilines is 2. The lowest BCUT2D eigenvalue weighted by molar-refractivity contribution is 0.563. The minimum absolute atomic E-state index is 0.759. The molecular formula is C14H15N3OS. The van der Waals surface area contributed by atoms with Gasteiger partial charge in [0.2, 0.25) is 0 Å². The Morgan fingerprint density at radius 1 is 1.42 bits per heavy atom. The molecule has 0 spiro atoms. The van der Waals surface area contributed by atoms with Gasteiger partial charge in [-0.2, -0.15) is 0 Å². The van der Waals surface area contributed by atoms with Crippen molar-refractivity contribution in [2.45, 2.75) is 13.5 Å². The summed E-state index contributed by atoms with van der Waals surface area (Å²) in [6.45, 7) is 2.77. The van der Waals surface area contributed by atoms with Crippen LogP contribution in [0.4, 0.5) is 11.4 Å². The third-order valence-electron chi connectivity index (χ3n) is 3.05. The second kappa shape index (κ2) is 4.59. The first-order valence-electron chi connectivity index (χ1n) is 6.02. The number of thiazole rings is 1. The third-order valence-corrected chi connectivity index (χ3v) is 3.99. The van der Waals surface area contributed by atoms with E-state index in [9.17, 15) is 0 Å². The summed E-state index contributed by atoms with van der Waals surface area (Å²) in [5, 5.41) is 1.06. The van der Waals surface area contributed by atoms with E-state index in [1.54, 1.807) is 23.9 Å². The summed E-state index contributed by atoms with van der Waals surface area (Å²) < 4.78 is 6.22. The highest BCUT2D eigenvalue weighted by Crippen LogP contribution is 2.32. The van der Waals surface area contributed by atoms with Crippen LogP contribution in [0.25, 0.3) is 10.2 Å². The number of fused-ring (bicyclic) bond motifs is 1. The molecule has 4 nitrogen and oxygen atoms in total. The second-order valence-electron chi connectivity index (χ2n) is 4.60. The normalized spacial score (nSPS) is 11.1. The van der Waals surface area contributed by atoms with E-state index in [4.69, 9.17) is 10.2 Å². The Balaban J connectivity index is 1.96. The van der Waals surface area contributed by atoms with Crippen LogP contribution in [0.2, 0.25) is 0 Å². The van der Waals surface area contributed by atoms with Crippen LogP contribution in [0.1, 0.15) is 10.6 Å². The van der Waals surface area contributed by atoms with Crippen molar-refractivity contribution in [1.29, 1.82) is 0 Å². The molecule has 0 aliphatic rings. The van der Waals surface area contributed by atoms with Crippen LogP contribution in [0.15, 0.2) is 35.1 Å². The minimum Gasteiger partial charge on any atom is -0.472 e. The van der Waals surface area contributed by atoms with Gasteiger partial charge >= 0.3 is 0 Å². The zero-order chi connectivity index (χ0) is 13.4. The van der Waals surface area contributed by atoms with E-state index in [0.29, 0.717) is 0 Å². The molecule has 0 fully saturated rings. The van der Waals surface area contributed by atoms with Gasteiger partial charge in [-0.15, -0.1) is 11.3 Å². The zero-order valence-electron chi connectivity index (χ0n) is 10.9. The van der Waals surface area contributed by atoms with Gasteiger partial charge in [0, 0.05) is 19.2 Å². The molecule has 0 saturated carbocycles. The molecule has 3 aromatic rings. The van der Waals surface area contributed by atoms with Crippen LogP contribution >= 0.6 is 11.3 Å². The topological polar surface area (TPSA) is 55.3 Å². The first kappa shape index (κ1) is 12.0. The molecule has 0 aliphatic carbocycles. The van der Waals surface area contributed by atoms with Gasteiger partial charge in [0.15, 0.2) is 0 Å². The number of nitrogens with two attached hydrogens (primary N) is 1. The summed E-state index contributed by atoms with van der Waals surface area (Å²) in [6.07, 6.45) is 3.43. The number of hydrogen-bond donors (Lipinski definition) is 1. The molecule has 0 aliphatic heterocycles. The predicted octanol–water partition coefficient (Wildman–Crippen LogP) is 3.42. The first-order chi connectivity index (χ1) is 9.13. The number of furan rings is 1. The summed E-state index contributed by atoms with van der Waals surface area (Å²) in [5.74, 6) is 0.